The summed E-state index contributed by atoms with van der Waals surface area (Å²) in [6.45, 7) is 15.3. The van der Waals surface area contributed by atoms with Crippen LogP contribution in [0.25, 0.3) is 0 Å². The summed E-state index contributed by atoms with van der Waals surface area (Å²) in [5.74, 6) is -1.86. The van der Waals surface area contributed by atoms with Crippen LogP contribution in [0.15, 0.2) is 36.5 Å². The van der Waals surface area contributed by atoms with Gasteiger partial charge < -0.3 is 23.4 Å². The lowest BCUT2D eigenvalue weighted by atomic mass is 10.2. The topological polar surface area (TPSA) is 80.3 Å². The molecule has 8 heteroatoms. The van der Waals surface area contributed by atoms with Crippen molar-refractivity contribution in [3.63, 3.8) is 0 Å². The smallest absolute Gasteiger partial charge is 0.331 e. The zero-order chi connectivity index (χ0) is 23.0. The molecule has 0 unspecified atom stereocenters. The molecule has 0 aromatic heterocycles. The molecular weight excluding hydrogens is 404 g/mol. The average Bonchev–Trinajstić information content (AvgIpc) is 3.00. The molecule has 0 radical (unpaired) electrons. The van der Waals surface area contributed by atoms with Gasteiger partial charge in [-0.25, -0.2) is 9.59 Å². The lowest BCUT2D eigenvalue weighted by Crippen LogP contribution is -2.47. The van der Waals surface area contributed by atoms with Crippen LogP contribution in [0.4, 0.5) is 0 Å². The van der Waals surface area contributed by atoms with Crippen LogP contribution < -0.4 is 0 Å². The molecule has 0 aromatic rings. The molecule has 0 bridgehead atoms. The Hall–Kier alpha value is -1.74. The van der Waals surface area contributed by atoms with E-state index in [9.17, 15) is 9.59 Å². The molecule has 0 N–H and O–H groups in total. The van der Waals surface area contributed by atoms with Gasteiger partial charge in [-0.05, 0) is 38.1 Å². The van der Waals surface area contributed by atoms with E-state index in [4.69, 9.17) is 18.6 Å². The quantitative estimate of drug-likeness (QED) is 0.233. The molecule has 1 saturated heterocycles. The number of methoxy groups -OCH3 is 1. The van der Waals surface area contributed by atoms with Crippen molar-refractivity contribution in [3.05, 3.63) is 36.5 Å². The second-order valence-electron chi connectivity index (χ2n) is 9.01. The fraction of sp³-hybridized carbons (Fsp3) is 0.636. The highest BCUT2D eigenvalue weighted by molar-refractivity contribution is 6.74. The molecule has 0 spiro atoms. The van der Waals surface area contributed by atoms with Gasteiger partial charge >= 0.3 is 11.9 Å². The van der Waals surface area contributed by atoms with Crippen LogP contribution in [0.1, 0.15) is 34.6 Å². The molecule has 2 atom stereocenters. The number of carbonyl (C=O) groups is 2. The van der Waals surface area contributed by atoms with Gasteiger partial charge in [0, 0.05) is 12.2 Å². The van der Waals surface area contributed by atoms with Gasteiger partial charge in [0.15, 0.2) is 14.1 Å². The maximum Gasteiger partial charge on any atom is 0.331 e. The number of hydrogen-bond acceptors (Lipinski definition) is 7. The molecule has 170 valence electrons. The summed E-state index contributed by atoms with van der Waals surface area (Å²) in [5, 5.41) is 0.0653. The predicted octanol–water partition coefficient (Wildman–Crippen LogP) is 3.91. The van der Waals surface area contributed by atoms with Gasteiger partial charge in [-0.15, -0.1) is 0 Å². The normalized spacial score (nSPS) is 20.9. The first-order chi connectivity index (χ1) is 13.8. The van der Waals surface area contributed by atoms with Gasteiger partial charge in [0.25, 0.3) is 0 Å². The minimum Gasteiger partial charge on any atom is -0.466 e. The number of esters is 2. The van der Waals surface area contributed by atoms with Crippen molar-refractivity contribution in [1.29, 1.82) is 0 Å². The van der Waals surface area contributed by atoms with Crippen LogP contribution in [-0.4, -0.2) is 58.6 Å². The van der Waals surface area contributed by atoms with Gasteiger partial charge in [0.05, 0.1) is 19.8 Å². The van der Waals surface area contributed by atoms with Crippen molar-refractivity contribution in [2.24, 2.45) is 0 Å². The van der Waals surface area contributed by atoms with Crippen LogP contribution >= 0.6 is 0 Å². The van der Waals surface area contributed by atoms with Gasteiger partial charge in [-0.1, -0.05) is 39.0 Å². The van der Waals surface area contributed by atoms with E-state index >= 15 is 0 Å². The van der Waals surface area contributed by atoms with E-state index in [2.05, 4.69) is 38.6 Å². The third-order valence-corrected chi connectivity index (χ3v) is 9.53. The summed E-state index contributed by atoms with van der Waals surface area (Å²) < 4.78 is 27.7. The highest BCUT2D eigenvalue weighted by atomic mass is 28.4. The standard InChI is InChI=1S/C22H36O7Si/c1-21(2,3)30(7,8)29-17(18-16-27-22(4,5)28-18)12-10-9-11-15-26-20(24)14-13-19(23)25-6/h9-14,17-18H,15-16H2,1-8H3/b11-9+,12-10+,14-13-/t17-,18-/m0/s1. The Kier molecular flexibility index (Phi) is 9.68. The second-order valence-corrected chi connectivity index (χ2v) is 13.8. The molecule has 0 saturated carbocycles. The molecule has 1 heterocycles. The van der Waals surface area contributed by atoms with Gasteiger partial charge in [0.2, 0.25) is 0 Å². The SMILES string of the molecule is COC(=O)/C=C\C(=O)OC/C=C/C=C/[C@H](O[Si](C)(C)C(C)(C)C)[C@@H]1COC(C)(C)O1. The largest absolute Gasteiger partial charge is 0.466 e. The fourth-order valence-corrected chi connectivity index (χ4v) is 3.59. The van der Waals surface area contributed by atoms with Crippen molar-refractivity contribution < 1.29 is 33.0 Å². The summed E-state index contributed by atoms with van der Waals surface area (Å²) in [5.41, 5.74) is 0. The highest BCUT2D eigenvalue weighted by Crippen LogP contribution is 2.39. The average molecular weight is 441 g/mol. The third kappa shape index (κ3) is 8.95. The molecule has 1 fully saturated rings. The lowest BCUT2D eigenvalue weighted by Gasteiger charge is -2.39. The van der Waals surface area contributed by atoms with E-state index in [1.165, 1.54) is 7.11 Å². The van der Waals surface area contributed by atoms with Crippen molar-refractivity contribution in [2.45, 2.75) is 70.7 Å². The summed E-state index contributed by atoms with van der Waals surface area (Å²) in [7, 11) is -0.784. The number of hydrogen-bond donors (Lipinski definition) is 0. The van der Waals surface area contributed by atoms with Gasteiger partial charge in [-0.2, -0.15) is 0 Å². The summed E-state index contributed by atoms with van der Waals surface area (Å²) in [4.78, 5) is 22.4. The Morgan fingerprint density at radius 3 is 2.33 bits per heavy atom. The molecule has 0 aromatic carbocycles. The first-order valence-electron chi connectivity index (χ1n) is 10.0. The van der Waals surface area contributed by atoms with E-state index in [0.29, 0.717) is 6.61 Å². The molecule has 1 aliphatic rings. The Bertz CT molecular complexity index is 671. The van der Waals surface area contributed by atoms with Crippen molar-refractivity contribution in [1.82, 2.24) is 0 Å². The van der Waals surface area contributed by atoms with Crippen LogP contribution in [0.2, 0.25) is 18.1 Å². The third-order valence-electron chi connectivity index (χ3n) is 5.06. The van der Waals surface area contributed by atoms with E-state index in [1.54, 1.807) is 12.2 Å². The zero-order valence-electron chi connectivity index (χ0n) is 19.4. The first-order valence-corrected chi connectivity index (χ1v) is 12.9. The van der Waals surface area contributed by atoms with Crippen molar-refractivity contribution >= 4 is 20.3 Å². The van der Waals surface area contributed by atoms with Crippen molar-refractivity contribution in [3.8, 4) is 0 Å². The van der Waals surface area contributed by atoms with E-state index < -0.39 is 26.0 Å². The Balaban J connectivity index is 2.69. The minimum absolute atomic E-state index is 0.0653. The predicted molar refractivity (Wildman–Crippen MR) is 117 cm³/mol. The van der Waals surface area contributed by atoms with Crippen molar-refractivity contribution in [2.75, 3.05) is 20.3 Å². The van der Waals surface area contributed by atoms with E-state index in [1.807, 2.05) is 26.0 Å². The monoisotopic (exact) mass is 440 g/mol. The number of rotatable bonds is 9. The molecule has 0 amide bonds. The molecule has 30 heavy (non-hydrogen) atoms. The Labute approximate surface area is 181 Å². The fourth-order valence-electron chi connectivity index (χ4n) is 2.32. The maximum atomic E-state index is 11.5. The highest BCUT2D eigenvalue weighted by Gasteiger charge is 2.43. The van der Waals surface area contributed by atoms with Crippen LogP contribution in [0, 0.1) is 0 Å². The first kappa shape index (κ1) is 26.3. The molecular formula is C22H36O7Si. The van der Waals surface area contributed by atoms with Crippen LogP contribution in [-0.2, 0) is 33.0 Å². The zero-order valence-corrected chi connectivity index (χ0v) is 20.4. The molecule has 7 nitrogen and oxygen atoms in total. The van der Waals surface area contributed by atoms with E-state index in [-0.39, 0.29) is 23.9 Å². The Morgan fingerprint density at radius 2 is 1.80 bits per heavy atom. The minimum atomic E-state index is -2.02. The number of allylic oxidation sites excluding steroid dienone is 2. The van der Waals surface area contributed by atoms with Crippen LogP contribution in [0.5, 0.6) is 0 Å². The number of ether oxygens (including phenoxy) is 4. The van der Waals surface area contributed by atoms with Gasteiger partial charge in [0.1, 0.15) is 12.7 Å². The Morgan fingerprint density at radius 1 is 1.17 bits per heavy atom. The molecule has 1 aliphatic heterocycles. The molecule has 0 aliphatic carbocycles. The lowest BCUT2D eigenvalue weighted by molar-refractivity contribution is -0.146. The summed E-state index contributed by atoms with van der Waals surface area (Å²) >= 11 is 0. The van der Waals surface area contributed by atoms with Gasteiger partial charge in [-0.3, -0.25) is 0 Å². The summed E-state index contributed by atoms with van der Waals surface area (Å²) in [6, 6.07) is 0. The van der Waals surface area contributed by atoms with Crippen LogP contribution in [0.3, 0.4) is 0 Å². The summed E-state index contributed by atoms with van der Waals surface area (Å²) in [6.07, 6.45) is 8.87. The maximum absolute atomic E-state index is 11.5. The molecule has 1 rings (SSSR count). The number of carbonyl (C=O) groups excluding carboxylic acids is 2. The second kappa shape index (κ2) is 11.0. The van der Waals surface area contributed by atoms with E-state index in [0.717, 1.165) is 12.2 Å².